The fourth-order valence-corrected chi connectivity index (χ4v) is 2.61. The van der Waals surface area contributed by atoms with Crippen molar-refractivity contribution in [1.29, 1.82) is 0 Å². The van der Waals surface area contributed by atoms with E-state index in [0.29, 0.717) is 11.7 Å². The van der Waals surface area contributed by atoms with Crippen LogP contribution in [-0.4, -0.2) is 13.1 Å². The molecule has 3 heteroatoms. The minimum atomic E-state index is 0.574. The normalized spacial score (nSPS) is 16.9. The van der Waals surface area contributed by atoms with Gasteiger partial charge in [0.2, 0.25) is 0 Å². The Morgan fingerprint density at radius 3 is 2.59 bits per heavy atom. The lowest BCUT2D eigenvalue weighted by Crippen LogP contribution is -2.33. The van der Waals surface area contributed by atoms with Gasteiger partial charge in [0, 0.05) is 18.8 Å². The number of hydrogen-bond acceptors (Lipinski definition) is 2. The van der Waals surface area contributed by atoms with E-state index in [-0.39, 0.29) is 0 Å². The molecule has 0 heterocycles. The van der Waals surface area contributed by atoms with Gasteiger partial charge in [-0.25, -0.2) is 5.54 Å². The topological polar surface area (TPSA) is 15.3 Å². The molecule has 1 aliphatic rings. The van der Waals surface area contributed by atoms with Gasteiger partial charge in [-0.1, -0.05) is 25.3 Å². The molecule has 1 N–H and O–H groups in total. The molecule has 0 radical (unpaired) electrons. The number of hydrogen-bond donors (Lipinski definition) is 1. The minimum Gasteiger partial charge on any atom is -0.372 e. The van der Waals surface area contributed by atoms with Crippen LogP contribution in [-0.2, 0) is 0 Å². The SMILES string of the molecule is Cc1ccc(N(C)C2CCCCC2)cc1NF. The van der Waals surface area contributed by atoms with E-state index in [1.54, 1.807) is 5.54 Å². The zero-order valence-electron chi connectivity index (χ0n) is 10.7. The molecule has 1 aromatic rings. The number of rotatable bonds is 3. The Kier molecular flexibility index (Phi) is 3.87. The molecule has 0 aliphatic heterocycles. The molecule has 0 amide bonds. The Morgan fingerprint density at radius 1 is 1.24 bits per heavy atom. The van der Waals surface area contributed by atoms with E-state index in [1.807, 2.05) is 19.1 Å². The maximum absolute atomic E-state index is 12.6. The van der Waals surface area contributed by atoms with E-state index < -0.39 is 0 Å². The second-order valence-corrected chi connectivity index (χ2v) is 5.00. The van der Waals surface area contributed by atoms with Crippen LogP contribution in [0, 0.1) is 6.92 Å². The minimum absolute atomic E-state index is 0.574. The molecule has 1 aromatic carbocycles. The summed E-state index contributed by atoms with van der Waals surface area (Å²) in [5.41, 5.74) is 4.38. The van der Waals surface area contributed by atoms with E-state index >= 15 is 0 Å². The smallest absolute Gasteiger partial charge is 0.0705 e. The third kappa shape index (κ3) is 2.71. The highest BCUT2D eigenvalue weighted by Crippen LogP contribution is 2.28. The van der Waals surface area contributed by atoms with Crippen molar-refractivity contribution in [3.63, 3.8) is 0 Å². The summed E-state index contributed by atoms with van der Waals surface area (Å²) in [6.07, 6.45) is 6.49. The number of benzene rings is 1. The van der Waals surface area contributed by atoms with E-state index in [0.717, 1.165) is 11.3 Å². The molecule has 1 saturated carbocycles. The third-order valence-electron chi connectivity index (χ3n) is 3.85. The van der Waals surface area contributed by atoms with E-state index in [1.165, 1.54) is 32.1 Å². The third-order valence-corrected chi connectivity index (χ3v) is 3.85. The molecule has 1 aliphatic carbocycles. The van der Waals surface area contributed by atoms with Crippen LogP contribution in [0.2, 0.25) is 0 Å². The van der Waals surface area contributed by atoms with Crippen molar-refractivity contribution < 1.29 is 4.48 Å². The Bertz CT molecular complexity index is 372. The van der Waals surface area contributed by atoms with Crippen molar-refractivity contribution in [1.82, 2.24) is 0 Å². The van der Waals surface area contributed by atoms with Crippen molar-refractivity contribution in [2.24, 2.45) is 0 Å². The molecule has 17 heavy (non-hydrogen) atoms. The van der Waals surface area contributed by atoms with Gasteiger partial charge >= 0.3 is 0 Å². The van der Waals surface area contributed by atoms with Gasteiger partial charge in [0.15, 0.2) is 0 Å². The summed E-state index contributed by atoms with van der Waals surface area (Å²) < 4.78 is 12.6. The number of aryl methyl sites for hydroxylation is 1. The summed E-state index contributed by atoms with van der Waals surface area (Å²) in [5.74, 6) is 0. The quantitative estimate of drug-likeness (QED) is 0.796. The molecule has 0 bridgehead atoms. The fourth-order valence-electron chi connectivity index (χ4n) is 2.61. The van der Waals surface area contributed by atoms with Crippen LogP contribution in [0.25, 0.3) is 0 Å². The molecular weight excluding hydrogens is 215 g/mol. The maximum Gasteiger partial charge on any atom is 0.0705 e. The second kappa shape index (κ2) is 5.39. The van der Waals surface area contributed by atoms with E-state index in [9.17, 15) is 4.48 Å². The molecule has 0 spiro atoms. The number of halogens is 1. The molecule has 0 saturated heterocycles. The highest BCUT2D eigenvalue weighted by molar-refractivity contribution is 5.61. The average Bonchev–Trinajstić information content (AvgIpc) is 2.39. The van der Waals surface area contributed by atoms with Gasteiger partial charge in [-0.15, -0.1) is 4.48 Å². The van der Waals surface area contributed by atoms with Crippen LogP contribution in [0.4, 0.5) is 15.9 Å². The van der Waals surface area contributed by atoms with Crippen LogP contribution >= 0.6 is 0 Å². The van der Waals surface area contributed by atoms with Gasteiger partial charge in [-0.2, -0.15) is 0 Å². The summed E-state index contributed by atoms with van der Waals surface area (Å²) in [7, 11) is 2.11. The zero-order chi connectivity index (χ0) is 12.3. The van der Waals surface area contributed by atoms with Crippen LogP contribution in [0.3, 0.4) is 0 Å². The Morgan fingerprint density at radius 2 is 1.94 bits per heavy atom. The fraction of sp³-hybridized carbons (Fsp3) is 0.571. The largest absolute Gasteiger partial charge is 0.372 e. The van der Waals surface area contributed by atoms with Crippen LogP contribution in [0.5, 0.6) is 0 Å². The summed E-state index contributed by atoms with van der Waals surface area (Å²) >= 11 is 0. The van der Waals surface area contributed by atoms with Crippen molar-refractivity contribution >= 4 is 11.4 Å². The molecule has 2 nitrogen and oxygen atoms in total. The lowest BCUT2D eigenvalue weighted by molar-refractivity contribution is 0.427. The lowest BCUT2D eigenvalue weighted by atomic mass is 9.94. The van der Waals surface area contributed by atoms with Gasteiger partial charge in [0.05, 0.1) is 5.69 Å². The first-order chi connectivity index (χ1) is 8.22. The summed E-state index contributed by atoms with van der Waals surface area (Å²) in [4.78, 5) is 2.29. The van der Waals surface area contributed by atoms with Gasteiger partial charge in [0.1, 0.15) is 0 Å². The summed E-state index contributed by atoms with van der Waals surface area (Å²) in [5, 5.41) is 0. The highest BCUT2D eigenvalue weighted by atomic mass is 19.2. The lowest BCUT2D eigenvalue weighted by Gasteiger charge is -2.33. The Labute approximate surface area is 103 Å². The Balaban J connectivity index is 2.15. The first-order valence-corrected chi connectivity index (χ1v) is 6.42. The standard InChI is InChI=1S/C14H21FN2/c1-11-8-9-13(10-14(11)16-15)17(2)12-6-4-3-5-7-12/h8-10,12,16H,3-7H2,1-2H3. The van der Waals surface area contributed by atoms with E-state index in [2.05, 4.69) is 18.0 Å². The van der Waals surface area contributed by atoms with Crippen molar-refractivity contribution in [2.75, 3.05) is 17.5 Å². The number of anilines is 2. The van der Waals surface area contributed by atoms with Crippen LogP contribution in [0.1, 0.15) is 37.7 Å². The summed E-state index contributed by atoms with van der Waals surface area (Å²) in [6.45, 7) is 1.91. The molecule has 0 unspecified atom stereocenters. The first-order valence-electron chi connectivity index (χ1n) is 6.42. The maximum atomic E-state index is 12.6. The second-order valence-electron chi connectivity index (χ2n) is 5.00. The van der Waals surface area contributed by atoms with Crippen molar-refractivity contribution in [3.05, 3.63) is 23.8 Å². The van der Waals surface area contributed by atoms with Crippen molar-refractivity contribution in [2.45, 2.75) is 45.1 Å². The van der Waals surface area contributed by atoms with Gasteiger partial charge in [0.25, 0.3) is 0 Å². The number of nitrogens with one attached hydrogen (secondary N) is 1. The van der Waals surface area contributed by atoms with Crippen molar-refractivity contribution in [3.8, 4) is 0 Å². The molecule has 0 aromatic heterocycles. The Hall–Kier alpha value is -1.25. The molecule has 2 rings (SSSR count). The molecule has 0 atom stereocenters. The first kappa shape index (κ1) is 12.2. The van der Waals surface area contributed by atoms with Gasteiger partial charge < -0.3 is 4.90 Å². The average molecular weight is 236 g/mol. The molecular formula is C14H21FN2. The van der Waals surface area contributed by atoms with Gasteiger partial charge in [-0.3, -0.25) is 0 Å². The predicted molar refractivity (Wildman–Crippen MR) is 71.2 cm³/mol. The van der Waals surface area contributed by atoms with E-state index in [4.69, 9.17) is 0 Å². The molecule has 94 valence electrons. The summed E-state index contributed by atoms with van der Waals surface area (Å²) in [6, 6.07) is 6.55. The number of nitrogens with zero attached hydrogens (tertiary/aromatic N) is 1. The predicted octanol–water partition coefficient (Wildman–Crippen LogP) is 4.06. The van der Waals surface area contributed by atoms with Crippen LogP contribution in [0.15, 0.2) is 18.2 Å². The zero-order valence-corrected chi connectivity index (χ0v) is 10.7. The van der Waals surface area contributed by atoms with Gasteiger partial charge in [-0.05, 0) is 37.5 Å². The monoisotopic (exact) mass is 236 g/mol. The molecule has 1 fully saturated rings. The van der Waals surface area contributed by atoms with Crippen LogP contribution < -0.4 is 10.4 Å². The highest BCUT2D eigenvalue weighted by Gasteiger charge is 2.18.